The zero-order valence-electron chi connectivity index (χ0n) is 11.5. The number of nitrogens with zero attached hydrogens (tertiary/aromatic N) is 1. The number of hydrogen-bond donors (Lipinski definition) is 1. The summed E-state index contributed by atoms with van der Waals surface area (Å²) in [4.78, 5) is 10.2. The van der Waals surface area contributed by atoms with Crippen LogP contribution in [0.15, 0.2) is 46.5 Å². The van der Waals surface area contributed by atoms with E-state index < -0.39 is 10.0 Å². The Morgan fingerprint density at radius 3 is 2.29 bits per heavy atom. The standard InChI is InChI=1S/C14H14N2O4S/c1-9-3-5-12(10(2)7-9)20-13-6-4-11(16-17)8-14(13)21(15,18)19/h3-8H,1-2H3,(H2,15,18,19). The first-order valence-corrected chi connectivity index (χ1v) is 7.61. The van der Waals surface area contributed by atoms with E-state index in [4.69, 9.17) is 9.88 Å². The molecule has 0 aliphatic carbocycles. The predicted octanol–water partition coefficient (Wildman–Crippen LogP) is 3.14. The zero-order valence-corrected chi connectivity index (χ0v) is 12.3. The number of rotatable bonds is 4. The van der Waals surface area contributed by atoms with Gasteiger partial charge in [0.1, 0.15) is 22.1 Å². The van der Waals surface area contributed by atoms with Crippen molar-refractivity contribution in [3.63, 3.8) is 0 Å². The molecule has 2 N–H and O–H groups in total. The minimum Gasteiger partial charge on any atom is -0.456 e. The van der Waals surface area contributed by atoms with E-state index in [2.05, 4.69) is 5.18 Å². The molecular formula is C14H14N2O4S. The van der Waals surface area contributed by atoms with Gasteiger partial charge in [0.15, 0.2) is 0 Å². The van der Waals surface area contributed by atoms with Gasteiger partial charge in [-0.1, -0.05) is 17.7 Å². The number of primary sulfonamides is 1. The van der Waals surface area contributed by atoms with Crippen molar-refractivity contribution in [3.05, 3.63) is 52.4 Å². The van der Waals surface area contributed by atoms with Crippen LogP contribution in [0.2, 0.25) is 0 Å². The van der Waals surface area contributed by atoms with Gasteiger partial charge < -0.3 is 4.74 Å². The lowest BCUT2D eigenvalue weighted by atomic mass is 10.1. The number of aryl methyl sites for hydroxylation is 2. The van der Waals surface area contributed by atoms with Gasteiger partial charge in [-0.25, -0.2) is 13.6 Å². The van der Waals surface area contributed by atoms with E-state index in [1.54, 1.807) is 6.07 Å². The molecule has 0 saturated heterocycles. The Balaban J connectivity index is 2.51. The summed E-state index contributed by atoms with van der Waals surface area (Å²) >= 11 is 0. The molecule has 0 spiro atoms. The van der Waals surface area contributed by atoms with Gasteiger partial charge in [-0.2, -0.15) is 0 Å². The molecule has 21 heavy (non-hydrogen) atoms. The monoisotopic (exact) mass is 306 g/mol. The summed E-state index contributed by atoms with van der Waals surface area (Å²) in [6.45, 7) is 3.79. The average molecular weight is 306 g/mol. The number of sulfonamides is 1. The summed E-state index contributed by atoms with van der Waals surface area (Å²) in [5, 5.41) is 7.84. The van der Waals surface area contributed by atoms with Crippen LogP contribution in [0.4, 0.5) is 5.69 Å². The van der Waals surface area contributed by atoms with Crippen molar-refractivity contribution in [1.82, 2.24) is 0 Å². The van der Waals surface area contributed by atoms with E-state index >= 15 is 0 Å². The summed E-state index contributed by atoms with van der Waals surface area (Å²) in [6.07, 6.45) is 0. The molecule has 0 radical (unpaired) electrons. The molecule has 6 nitrogen and oxygen atoms in total. The Morgan fingerprint density at radius 1 is 1.05 bits per heavy atom. The Morgan fingerprint density at radius 2 is 1.71 bits per heavy atom. The lowest BCUT2D eigenvalue weighted by Gasteiger charge is -2.12. The molecule has 0 bridgehead atoms. The van der Waals surface area contributed by atoms with Crippen LogP contribution in [0.5, 0.6) is 11.5 Å². The molecule has 0 atom stereocenters. The van der Waals surface area contributed by atoms with E-state index in [-0.39, 0.29) is 16.3 Å². The van der Waals surface area contributed by atoms with Gasteiger partial charge in [-0.05, 0) is 48.9 Å². The van der Waals surface area contributed by atoms with E-state index in [0.717, 1.165) is 17.2 Å². The number of ether oxygens (including phenoxy) is 1. The molecule has 0 amide bonds. The van der Waals surface area contributed by atoms with Crippen LogP contribution in [0.3, 0.4) is 0 Å². The maximum atomic E-state index is 11.6. The molecule has 0 aliphatic heterocycles. The van der Waals surface area contributed by atoms with E-state index in [0.29, 0.717) is 5.75 Å². The SMILES string of the molecule is Cc1ccc(Oc2ccc(N=O)cc2S(N)(=O)=O)c(C)c1. The summed E-state index contributed by atoms with van der Waals surface area (Å²) in [7, 11) is -4.03. The third kappa shape index (κ3) is 3.45. The molecule has 0 saturated carbocycles. The number of nitroso groups, excluding NO2 is 1. The Bertz CT molecular complexity index is 801. The molecule has 0 heterocycles. The molecule has 0 aromatic heterocycles. The third-order valence-corrected chi connectivity index (χ3v) is 3.82. The lowest BCUT2D eigenvalue weighted by Crippen LogP contribution is -2.13. The van der Waals surface area contributed by atoms with Crippen molar-refractivity contribution >= 4 is 15.7 Å². The first-order chi connectivity index (χ1) is 9.81. The van der Waals surface area contributed by atoms with Crippen molar-refractivity contribution in [1.29, 1.82) is 0 Å². The Kier molecular flexibility index (Phi) is 4.06. The first-order valence-electron chi connectivity index (χ1n) is 6.06. The first kappa shape index (κ1) is 15.1. The molecule has 110 valence electrons. The Hall–Kier alpha value is -2.25. The fourth-order valence-electron chi connectivity index (χ4n) is 1.89. The van der Waals surface area contributed by atoms with Crippen LogP contribution in [0.1, 0.15) is 11.1 Å². The van der Waals surface area contributed by atoms with Crippen LogP contribution in [-0.4, -0.2) is 8.42 Å². The van der Waals surface area contributed by atoms with Crippen LogP contribution in [0, 0.1) is 18.8 Å². The smallest absolute Gasteiger partial charge is 0.241 e. The molecule has 2 aromatic rings. The second kappa shape index (κ2) is 5.63. The summed E-state index contributed by atoms with van der Waals surface area (Å²) < 4.78 is 28.8. The quantitative estimate of drug-likeness (QED) is 0.877. The van der Waals surface area contributed by atoms with E-state index in [1.165, 1.54) is 12.1 Å². The van der Waals surface area contributed by atoms with Gasteiger partial charge in [0, 0.05) is 0 Å². The van der Waals surface area contributed by atoms with Gasteiger partial charge in [0.2, 0.25) is 10.0 Å². The highest BCUT2D eigenvalue weighted by atomic mass is 32.2. The molecule has 2 rings (SSSR count). The normalized spacial score (nSPS) is 11.2. The number of hydrogen-bond acceptors (Lipinski definition) is 5. The van der Waals surface area contributed by atoms with E-state index in [9.17, 15) is 13.3 Å². The van der Waals surface area contributed by atoms with E-state index in [1.807, 2.05) is 26.0 Å². The molecule has 0 unspecified atom stereocenters. The molecule has 2 aromatic carbocycles. The van der Waals surface area contributed by atoms with Crippen LogP contribution in [-0.2, 0) is 10.0 Å². The lowest BCUT2D eigenvalue weighted by molar-refractivity contribution is 0.464. The van der Waals surface area contributed by atoms with Crippen LogP contribution in [0.25, 0.3) is 0 Å². The minimum atomic E-state index is -4.03. The van der Waals surface area contributed by atoms with Gasteiger partial charge in [0.25, 0.3) is 0 Å². The largest absolute Gasteiger partial charge is 0.456 e. The second-order valence-corrected chi connectivity index (χ2v) is 6.17. The molecular weight excluding hydrogens is 292 g/mol. The van der Waals surface area contributed by atoms with Gasteiger partial charge in [0.05, 0.1) is 0 Å². The summed E-state index contributed by atoms with van der Waals surface area (Å²) in [5.41, 5.74) is 1.88. The van der Waals surface area contributed by atoms with Crippen molar-refractivity contribution in [3.8, 4) is 11.5 Å². The number of nitrogens with two attached hydrogens (primary N) is 1. The number of benzene rings is 2. The highest BCUT2D eigenvalue weighted by Gasteiger charge is 2.17. The average Bonchev–Trinajstić information content (AvgIpc) is 2.41. The third-order valence-electron chi connectivity index (χ3n) is 2.89. The highest BCUT2D eigenvalue weighted by Crippen LogP contribution is 2.33. The van der Waals surface area contributed by atoms with Crippen molar-refractivity contribution in [2.75, 3.05) is 0 Å². The van der Waals surface area contributed by atoms with Gasteiger partial charge in [-0.15, -0.1) is 4.91 Å². The summed E-state index contributed by atoms with van der Waals surface area (Å²) in [6, 6.07) is 9.30. The maximum Gasteiger partial charge on any atom is 0.241 e. The topological polar surface area (TPSA) is 98.8 Å². The van der Waals surface area contributed by atoms with Gasteiger partial charge in [-0.3, -0.25) is 0 Å². The van der Waals surface area contributed by atoms with Crippen molar-refractivity contribution in [2.45, 2.75) is 18.7 Å². The highest BCUT2D eigenvalue weighted by molar-refractivity contribution is 7.89. The molecule has 0 fully saturated rings. The predicted molar refractivity (Wildman–Crippen MR) is 79.3 cm³/mol. The van der Waals surface area contributed by atoms with Crippen LogP contribution >= 0.6 is 0 Å². The Labute approximate surface area is 122 Å². The maximum absolute atomic E-state index is 11.6. The minimum absolute atomic E-state index is 0.0352. The van der Waals surface area contributed by atoms with Crippen molar-refractivity contribution < 1.29 is 13.2 Å². The van der Waals surface area contributed by atoms with Crippen molar-refractivity contribution in [2.24, 2.45) is 10.3 Å². The second-order valence-electron chi connectivity index (χ2n) is 4.64. The van der Waals surface area contributed by atoms with Gasteiger partial charge >= 0.3 is 0 Å². The fraction of sp³-hybridized carbons (Fsp3) is 0.143. The van der Waals surface area contributed by atoms with Crippen LogP contribution < -0.4 is 9.88 Å². The fourth-order valence-corrected chi connectivity index (χ4v) is 2.57. The molecule has 0 aliphatic rings. The molecule has 7 heteroatoms. The zero-order chi connectivity index (χ0) is 15.6. The summed E-state index contributed by atoms with van der Waals surface area (Å²) in [5.74, 6) is 0.564.